The van der Waals surface area contributed by atoms with Gasteiger partial charge in [0.25, 0.3) is 0 Å². The molecular weight excluding hydrogens is 356 g/mol. The highest BCUT2D eigenvalue weighted by molar-refractivity contribution is 7.99. The van der Waals surface area contributed by atoms with Crippen LogP contribution in [0.4, 0.5) is 0 Å². The maximum absolute atomic E-state index is 9.57. The van der Waals surface area contributed by atoms with Gasteiger partial charge in [-0.05, 0) is 36.5 Å². The minimum atomic E-state index is 0.571. The highest BCUT2D eigenvalue weighted by atomic mass is 32.2. The van der Waals surface area contributed by atoms with Crippen molar-refractivity contribution in [1.29, 1.82) is 10.5 Å². The van der Waals surface area contributed by atoms with Gasteiger partial charge in [0.2, 0.25) is 0 Å². The van der Waals surface area contributed by atoms with E-state index in [1.807, 2.05) is 12.1 Å². The van der Waals surface area contributed by atoms with Crippen LogP contribution in [0.1, 0.15) is 89.2 Å². The van der Waals surface area contributed by atoms with Gasteiger partial charge in [0.15, 0.2) is 0 Å². The molecule has 0 saturated carbocycles. The van der Waals surface area contributed by atoms with Crippen LogP contribution < -0.4 is 0 Å². The number of hydrogen-bond acceptors (Lipinski definition) is 4. The van der Waals surface area contributed by atoms with Gasteiger partial charge in [0, 0.05) is 9.79 Å². The molecule has 1 rings (SSSR count). The average molecular weight is 389 g/mol. The van der Waals surface area contributed by atoms with E-state index in [0.717, 1.165) is 21.3 Å². The lowest BCUT2D eigenvalue weighted by molar-refractivity contribution is 0.659. The molecule has 0 aliphatic carbocycles. The minimum absolute atomic E-state index is 0.571. The fraction of sp³-hybridized carbons (Fsp3) is 0.636. The quantitative estimate of drug-likeness (QED) is 0.244. The van der Waals surface area contributed by atoms with Gasteiger partial charge in [-0.15, -0.1) is 23.5 Å². The molecule has 0 unspecified atom stereocenters. The Balaban J connectivity index is 2.58. The van der Waals surface area contributed by atoms with Crippen molar-refractivity contribution in [3.8, 4) is 12.1 Å². The fourth-order valence-corrected chi connectivity index (χ4v) is 4.85. The van der Waals surface area contributed by atoms with Gasteiger partial charge in [-0.1, -0.05) is 65.2 Å². The lowest BCUT2D eigenvalue weighted by Crippen LogP contribution is -1.93. The highest BCUT2D eigenvalue weighted by Crippen LogP contribution is 2.33. The first-order valence-corrected chi connectivity index (χ1v) is 12.0. The highest BCUT2D eigenvalue weighted by Gasteiger charge is 2.14. The summed E-state index contributed by atoms with van der Waals surface area (Å²) in [6, 6.07) is 8.63. The van der Waals surface area contributed by atoms with E-state index in [-0.39, 0.29) is 0 Å². The first-order chi connectivity index (χ1) is 12.8. The lowest BCUT2D eigenvalue weighted by Gasteiger charge is -2.10. The summed E-state index contributed by atoms with van der Waals surface area (Å²) < 4.78 is 0. The summed E-state index contributed by atoms with van der Waals surface area (Å²) in [5.74, 6) is 2.04. The second kappa shape index (κ2) is 15.0. The Hall–Kier alpha value is -1.10. The molecule has 1 aromatic carbocycles. The standard InChI is InChI=1S/C22H32N2S2/c1-3-5-7-9-11-15-25-21-13-14-22(20(18-24)19(21)17-23)26-16-12-10-8-6-4-2/h13-14H,3-12,15-16H2,1-2H3. The molecule has 0 aliphatic heterocycles. The van der Waals surface area contributed by atoms with Gasteiger partial charge in [0.1, 0.15) is 12.1 Å². The van der Waals surface area contributed by atoms with Crippen molar-refractivity contribution in [2.24, 2.45) is 0 Å². The molecule has 0 spiro atoms. The summed E-state index contributed by atoms with van der Waals surface area (Å²) in [5.41, 5.74) is 1.14. The van der Waals surface area contributed by atoms with Crippen LogP contribution in [0.25, 0.3) is 0 Å². The van der Waals surface area contributed by atoms with Crippen molar-refractivity contribution in [1.82, 2.24) is 0 Å². The van der Waals surface area contributed by atoms with Crippen molar-refractivity contribution in [3.05, 3.63) is 23.3 Å². The van der Waals surface area contributed by atoms with Crippen LogP contribution in [-0.2, 0) is 0 Å². The Bertz CT molecular complexity index is 546. The van der Waals surface area contributed by atoms with Crippen molar-refractivity contribution in [3.63, 3.8) is 0 Å². The Labute approximate surface area is 168 Å². The van der Waals surface area contributed by atoms with E-state index < -0.39 is 0 Å². The van der Waals surface area contributed by atoms with E-state index in [9.17, 15) is 10.5 Å². The molecule has 0 saturated heterocycles. The van der Waals surface area contributed by atoms with Crippen molar-refractivity contribution in [2.75, 3.05) is 11.5 Å². The first kappa shape index (κ1) is 22.9. The fourth-order valence-electron chi connectivity index (χ4n) is 2.80. The number of unbranched alkanes of at least 4 members (excludes halogenated alkanes) is 8. The van der Waals surface area contributed by atoms with Gasteiger partial charge in [0.05, 0.1) is 11.1 Å². The Morgan fingerprint density at radius 1 is 0.654 bits per heavy atom. The third kappa shape index (κ3) is 8.52. The summed E-state index contributed by atoms with van der Waals surface area (Å²) in [6.45, 7) is 4.45. The van der Waals surface area contributed by atoms with E-state index in [4.69, 9.17) is 0 Å². The lowest BCUT2D eigenvalue weighted by atomic mass is 10.1. The van der Waals surface area contributed by atoms with Gasteiger partial charge in [-0.25, -0.2) is 0 Å². The van der Waals surface area contributed by atoms with Crippen LogP contribution in [0.3, 0.4) is 0 Å². The zero-order valence-electron chi connectivity index (χ0n) is 16.4. The zero-order chi connectivity index (χ0) is 19.0. The molecular formula is C22H32N2S2. The van der Waals surface area contributed by atoms with Gasteiger partial charge < -0.3 is 0 Å². The Morgan fingerprint density at radius 3 is 1.38 bits per heavy atom. The topological polar surface area (TPSA) is 47.6 Å². The largest absolute Gasteiger partial charge is 0.192 e. The van der Waals surface area contributed by atoms with E-state index in [1.54, 1.807) is 23.5 Å². The molecule has 4 heteroatoms. The molecule has 0 radical (unpaired) electrons. The molecule has 1 aromatic rings. The van der Waals surface area contributed by atoms with E-state index in [2.05, 4.69) is 26.0 Å². The summed E-state index contributed by atoms with van der Waals surface area (Å²) in [7, 11) is 0. The third-order valence-corrected chi connectivity index (χ3v) is 6.65. The Kier molecular flexibility index (Phi) is 13.2. The number of benzene rings is 1. The molecule has 0 aromatic heterocycles. The Morgan fingerprint density at radius 2 is 1.04 bits per heavy atom. The second-order valence-corrected chi connectivity index (χ2v) is 8.83. The summed E-state index contributed by atoms with van der Waals surface area (Å²) in [5, 5.41) is 19.1. The predicted octanol–water partition coefficient (Wildman–Crippen LogP) is 7.55. The SMILES string of the molecule is CCCCCCCSc1ccc(SCCCCCCC)c(C#N)c1C#N. The van der Waals surface area contributed by atoms with Gasteiger partial charge >= 0.3 is 0 Å². The molecule has 0 amide bonds. The normalized spacial score (nSPS) is 10.5. The summed E-state index contributed by atoms with van der Waals surface area (Å²) in [4.78, 5) is 1.93. The molecule has 26 heavy (non-hydrogen) atoms. The van der Waals surface area contributed by atoms with Crippen LogP contribution >= 0.6 is 23.5 Å². The predicted molar refractivity (Wildman–Crippen MR) is 115 cm³/mol. The molecule has 0 heterocycles. The van der Waals surface area contributed by atoms with Crippen molar-refractivity contribution >= 4 is 23.5 Å². The van der Waals surface area contributed by atoms with Crippen molar-refractivity contribution in [2.45, 2.75) is 87.8 Å². The molecule has 0 bridgehead atoms. The third-order valence-electron chi connectivity index (χ3n) is 4.36. The first-order valence-electron chi connectivity index (χ1n) is 10.0. The smallest absolute Gasteiger partial charge is 0.102 e. The van der Waals surface area contributed by atoms with E-state index >= 15 is 0 Å². The summed E-state index contributed by atoms with van der Waals surface area (Å²) in [6.07, 6.45) is 12.5. The van der Waals surface area contributed by atoms with Crippen LogP contribution in [0.2, 0.25) is 0 Å². The maximum atomic E-state index is 9.57. The van der Waals surface area contributed by atoms with Gasteiger partial charge in [-0.3, -0.25) is 0 Å². The molecule has 0 fully saturated rings. The maximum Gasteiger partial charge on any atom is 0.102 e. The van der Waals surface area contributed by atoms with E-state index in [0.29, 0.717) is 11.1 Å². The van der Waals surface area contributed by atoms with Crippen molar-refractivity contribution < 1.29 is 0 Å². The zero-order valence-corrected chi connectivity index (χ0v) is 18.0. The molecule has 0 atom stereocenters. The monoisotopic (exact) mass is 388 g/mol. The molecule has 0 N–H and O–H groups in total. The van der Waals surface area contributed by atoms with Gasteiger partial charge in [-0.2, -0.15) is 10.5 Å². The number of nitriles is 2. The molecule has 2 nitrogen and oxygen atoms in total. The second-order valence-electron chi connectivity index (χ2n) is 6.56. The molecule has 142 valence electrons. The molecule has 0 aliphatic rings. The van der Waals surface area contributed by atoms with E-state index in [1.165, 1.54) is 64.2 Å². The summed E-state index contributed by atoms with van der Waals surface area (Å²) >= 11 is 3.44. The number of rotatable bonds is 14. The minimum Gasteiger partial charge on any atom is -0.192 e. The van der Waals surface area contributed by atoms with Crippen LogP contribution in [0.5, 0.6) is 0 Å². The number of hydrogen-bond donors (Lipinski definition) is 0. The number of thioether (sulfide) groups is 2. The average Bonchev–Trinajstić information content (AvgIpc) is 2.67. The van der Waals surface area contributed by atoms with Crippen LogP contribution in [0, 0.1) is 22.7 Å². The van der Waals surface area contributed by atoms with Crippen LogP contribution in [-0.4, -0.2) is 11.5 Å². The number of nitrogens with zero attached hydrogens (tertiary/aromatic N) is 2. The van der Waals surface area contributed by atoms with Crippen LogP contribution in [0.15, 0.2) is 21.9 Å².